The molecule has 0 aliphatic carbocycles. The smallest absolute Gasteiger partial charge is 0.412 e. The summed E-state index contributed by atoms with van der Waals surface area (Å²) in [7, 11) is 0. The maximum Gasteiger partial charge on any atom is 0.412 e. The largest absolute Gasteiger partial charge is 0.451 e. The van der Waals surface area contributed by atoms with Crippen LogP contribution in [-0.2, 0) is 9.47 Å². The topological polar surface area (TPSA) is 103 Å². The molecule has 0 unspecified atom stereocenters. The molecule has 12 heteroatoms. The molecule has 0 bridgehead atoms. The molecule has 2 saturated heterocycles. The molecule has 3 aliphatic heterocycles. The molecule has 0 spiro atoms. The summed E-state index contributed by atoms with van der Waals surface area (Å²) in [6.07, 6.45) is 1.69. The molecule has 3 aromatic rings. The third kappa shape index (κ3) is 4.92. The summed E-state index contributed by atoms with van der Waals surface area (Å²) in [4.78, 5) is 42.2. The number of hydrogen-bond acceptors (Lipinski definition) is 7. The minimum Gasteiger partial charge on any atom is -0.451 e. The Morgan fingerprint density at radius 2 is 1.83 bits per heavy atom. The zero-order valence-corrected chi connectivity index (χ0v) is 22.1. The van der Waals surface area contributed by atoms with Gasteiger partial charge in [0.05, 0.1) is 31.5 Å². The van der Waals surface area contributed by atoms with E-state index in [2.05, 4.69) is 5.10 Å². The van der Waals surface area contributed by atoms with Crippen molar-refractivity contribution in [1.29, 1.82) is 0 Å². The number of carbonyl (C=O) groups excluding carboxylic acids is 2. The van der Waals surface area contributed by atoms with Gasteiger partial charge in [0.15, 0.2) is 17.3 Å². The average Bonchev–Trinajstić information content (AvgIpc) is 3.49. The van der Waals surface area contributed by atoms with Crippen LogP contribution in [0.3, 0.4) is 0 Å². The van der Waals surface area contributed by atoms with E-state index in [0.29, 0.717) is 51.3 Å². The summed E-state index contributed by atoms with van der Waals surface area (Å²) >= 11 is 0. The van der Waals surface area contributed by atoms with E-state index in [9.17, 15) is 18.8 Å². The van der Waals surface area contributed by atoms with Crippen LogP contribution in [0.15, 0.2) is 59.5 Å². The molecule has 41 heavy (non-hydrogen) atoms. The second-order valence-corrected chi connectivity index (χ2v) is 10.1. The lowest BCUT2D eigenvalue weighted by Gasteiger charge is -2.42. The predicted molar refractivity (Wildman–Crippen MR) is 141 cm³/mol. The zero-order valence-electron chi connectivity index (χ0n) is 22.1. The highest BCUT2D eigenvalue weighted by atomic mass is 19.2. The molecule has 3 atom stereocenters. The van der Waals surface area contributed by atoms with Crippen LogP contribution >= 0.6 is 0 Å². The van der Waals surface area contributed by atoms with Gasteiger partial charge in [-0.2, -0.15) is 5.10 Å². The van der Waals surface area contributed by atoms with E-state index in [1.54, 1.807) is 17.0 Å². The summed E-state index contributed by atoms with van der Waals surface area (Å²) in [6.45, 7) is 1.31. The molecule has 0 radical (unpaired) electrons. The van der Waals surface area contributed by atoms with Gasteiger partial charge in [-0.3, -0.25) is 14.3 Å². The normalized spacial score (nSPS) is 20.8. The number of aromatic nitrogens is 2. The number of amides is 2. The molecule has 4 heterocycles. The van der Waals surface area contributed by atoms with Crippen molar-refractivity contribution in [2.45, 2.75) is 30.8 Å². The fraction of sp³-hybridized carbons (Fsp3) is 0.379. The minimum atomic E-state index is -0.989. The van der Waals surface area contributed by atoms with Gasteiger partial charge in [-0.25, -0.2) is 13.6 Å². The summed E-state index contributed by atoms with van der Waals surface area (Å²) in [5.41, 5.74) is 0.00439. The highest BCUT2D eigenvalue weighted by Gasteiger charge is 2.49. The number of ether oxygens (including phenoxy) is 3. The van der Waals surface area contributed by atoms with Gasteiger partial charge in [0.2, 0.25) is 18.0 Å². The average molecular weight is 567 g/mol. The van der Waals surface area contributed by atoms with Crippen molar-refractivity contribution in [3.8, 4) is 5.75 Å². The molecule has 2 amide bonds. The van der Waals surface area contributed by atoms with Gasteiger partial charge in [0.1, 0.15) is 0 Å². The van der Waals surface area contributed by atoms with Crippen molar-refractivity contribution in [3.05, 3.63) is 93.4 Å². The van der Waals surface area contributed by atoms with Crippen LogP contribution in [0.5, 0.6) is 5.75 Å². The van der Waals surface area contributed by atoms with Crippen molar-refractivity contribution >= 4 is 12.0 Å². The Labute approximate surface area is 234 Å². The maximum atomic E-state index is 15.4. The lowest BCUT2D eigenvalue weighted by atomic mass is 9.79. The van der Waals surface area contributed by atoms with Gasteiger partial charge in [-0.1, -0.05) is 42.5 Å². The van der Waals surface area contributed by atoms with E-state index < -0.39 is 53.9 Å². The van der Waals surface area contributed by atoms with E-state index in [4.69, 9.17) is 14.2 Å². The van der Waals surface area contributed by atoms with Gasteiger partial charge in [-0.15, -0.1) is 0 Å². The van der Waals surface area contributed by atoms with Crippen LogP contribution < -0.4 is 10.2 Å². The SMILES string of the molecule is O=C(OCOc1c2n(ncc1=O)[C@@H]([C@H](c1ccccc1)c1cccc(F)c1F)[C@H]1CCCN1C2=O)N1CCOCC1. The van der Waals surface area contributed by atoms with Gasteiger partial charge in [0.25, 0.3) is 5.91 Å². The van der Waals surface area contributed by atoms with Gasteiger partial charge in [-0.05, 0) is 24.5 Å². The fourth-order valence-electron chi connectivity index (χ4n) is 6.03. The Balaban J connectivity index is 1.42. The minimum absolute atomic E-state index is 0.107. The van der Waals surface area contributed by atoms with Crippen molar-refractivity contribution < 1.29 is 32.6 Å². The molecular formula is C29H28F2N4O6. The van der Waals surface area contributed by atoms with Gasteiger partial charge < -0.3 is 24.0 Å². The molecule has 2 fully saturated rings. The highest BCUT2D eigenvalue weighted by molar-refractivity contribution is 5.96. The second-order valence-electron chi connectivity index (χ2n) is 10.1. The molecule has 2 aromatic carbocycles. The molecule has 1 aromatic heterocycles. The van der Waals surface area contributed by atoms with Crippen LogP contribution in [0.2, 0.25) is 0 Å². The van der Waals surface area contributed by atoms with Crippen LogP contribution in [0.1, 0.15) is 46.4 Å². The van der Waals surface area contributed by atoms with Crippen LogP contribution in [0, 0.1) is 11.6 Å². The van der Waals surface area contributed by atoms with Crippen molar-refractivity contribution in [1.82, 2.24) is 19.6 Å². The second kappa shape index (κ2) is 11.3. The maximum absolute atomic E-state index is 15.4. The number of benzene rings is 2. The third-order valence-electron chi connectivity index (χ3n) is 7.88. The number of carbonyl (C=O) groups is 2. The summed E-state index contributed by atoms with van der Waals surface area (Å²) < 4.78 is 47.4. The van der Waals surface area contributed by atoms with Gasteiger partial charge in [0, 0.05) is 31.1 Å². The first-order valence-electron chi connectivity index (χ1n) is 13.5. The summed E-state index contributed by atoms with van der Waals surface area (Å²) in [5, 5.41) is 4.34. The Kier molecular flexibility index (Phi) is 7.39. The quantitative estimate of drug-likeness (QED) is 0.422. The molecule has 10 nitrogen and oxygen atoms in total. The number of rotatable bonds is 6. The number of morpholine rings is 1. The Morgan fingerprint density at radius 3 is 2.61 bits per heavy atom. The standard InChI is InChI=1S/C29H28F2N4O6/c30-20-9-4-8-19(24(20)31)23(18-6-2-1-3-7-18)25-21-10-5-11-34(21)28(37)26-27(22(36)16-32-35(25)26)40-17-41-29(38)33-12-14-39-15-13-33/h1-4,6-9,16,21,23,25H,5,10-15,17H2/t21-,23-,25-/m1/s1. The lowest BCUT2D eigenvalue weighted by Crippen LogP contribution is -2.51. The molecule has 0 N–H and O–H groups in total. The molecular weight excluding hydrogens is 538 g/mol. The fourth-order valence-corrected chi connectivity index (χ4v) is 6.03. The van der Waals surface area contributed by atoms with Crippen LogP contribution in [-0.4, -0.2) is 77.3 Å². The first kappa shape index (κ1) is 26.9. The van der Waals surface area contributed by atoms with Crippen LogP contribution in [0.4, 0.5) is 13.6 Å². The monoisotopic (exact) mass is 566 g/mol. The molecule has 6 rings (SSSR count). The van der Waals surface area contributed by atoms with Gasteiger partial charge >= 0.3 is 6.09 Å². The van der Waals surface area contributed by atoms with E-state index in [1.807, 2.05) is 18.2 Å². The van der Waals surface area contributed by atoms with Crippen molar-refractivity contribution in [3.63, 3.8) is 0 Å². The summed E-state index contributed by atoms with van der Waals surface area (Å²) in [6, 6.07) is 12.0. The Bertz CT molecular complexity index is 1510. The Hall–Kier alpha value is -4.32. The zero-order chi connectivity index (χ0) is 28.5. The number of fused-ring (bicyclic) bond motifs is 2. The first-order chi connectivity index (χ1) is 20.0. The van der Waals surface area contributed by atoms with E-state index in [0.717, 1.165) is 12.3 Å². The number of hydrogen-bond donors (Lipinski definition) is 0. The van der Waals surface area contributed by atoms with E-state index >= 15 is 4.39 Å². The Morgan fingerprint density at radius 1 is 1.05 bits per heavy atom. The van der Waals surface area contributed by atoms with Crippen LogP contribution in [0.25, 0.3) is 0 Å². The summed E-state index contributed by atoms with van der Waals surface area (Å²) in [5.74, 6) is -3.52. The van der Waals surface area contributed by atoms with Crippen molar-refractivity contribution in [2.75, 3.05) is 39.6 Å². The first-order valence-corrected chi connectivity index (χ1v) is 13.5. The highest BCUT2D eigenvalue weighted by Crippen LogP contribution is 2.46. The molecule has 3 aliphatic rings. The van der Waals surface area contributed by atoms with E-state index in [1.165, 1.54) is 21.7 Å². The number of nitrogens with zero attached hydrogens (tertiary/aromatic N) is 4. The lowest BCUT2D eigenvalue weighted by molar-refractivity contribution is 0.000324. The molecule has 214 valence electrons. The van der Waals surface area contributed by atoms with E-state index in [-0.39, 0.29) is 17.0 Å². The third-order valence-corrected chi connectivity index (χ3v) is 7.88. The molecule has 0 saturated carbocycles. The predicted octanol–water partition coefficient (Wildman–Crippen LogP) is 3.32. The van der Waals surface area contributed by atoms with Crippen molar-refractivity contribution in [2.24, 2.45) is 0 Å². The number of halogens is 2.